The van der Waals surface area contributed by atoms with E-state index in [1.807, 2.05) is 48.3 Å². The molecule has 8 rings (SSSR count). The van der Waals surface area contributed by atoms with Gasteiger partial charge in [0.15, 0.2) is 17.4 Å². The number of amides is 1. The Hall–Kier alpha value is -3.31. The first-order chi connectivity index (χ1) is 24.7. The predicted octanol–water partition coefficient (Wildman–Crippen LogP) is 7.57. The van der Waals surface area contributed by atoms with Gasteiger partial charge in [0.1, 0.15) is 33.4 Å². The van der Waals surface area contributed by atoms with Crippen LogP contribution in [-0.4, -0.2) is 105 Å². The van der Waals surface area contributed by atoms with E-state index in [1.165, 1.54) is 7.11 Å². The number of fused-ring (bicyclic) bond motifs is 5. The number of ether oxygens (including phenoxy) is 3. The molecule has 0 aliphatic carbocycles. The summed E-state index contributed by atoms with van der Waals surface area (Å²) in [5, 5.41) is 7.85. The van der Waals surface area contributed by atoms with Crippen LogP contribution in [0.5, 0.6) is 11.8 Å². The van der Waals surface area contributed by atoms with Crippen LogP contribution in [0.4, 0.5) is 23.8 Å². The van der Waals surface area contributed by atoms with Gasteiger partial charge in [-0.15, -0.1) is 0 Å². The standard InChI is InChI=1S/C36H40ClF3IN7O4/c1-17-11-21-22(31(41)45-44-21)23(26(17)37)24-27(39)29-25(30(50-5)28(24)40)32(43-33(42-29)51-16-36-9-6-10-47(36)13-18(38)12-36)46-14-19-7-8-20(15-46)48(19)34(49)52-35(2,3)4/h11,18-20H,6-10,12-16H2,1-5H3,(H,44,45)/t18-,19?,20?,36+/m1/s1. The largest absolute Gasteiger partial charge is 0.493 e. The Bertz CT molecular complexity index is 2100. The minimum Gasteiger partial charge on any atom is -0.493 e. The summed E-state index contributed by atoms with van der Waals surface area (Å²) >= 11 is 8.85. The quantitative estimate of drug-likeness (QED) is 0.197. The topological polar surface area (TPSA) is 109 Å². The zero-order valence-electron chi connectivity index (χ0n) is 29.6. The lowest BCUT2D eigenvalue weighted by Gasteiger charge is -2.42. The SMILES string of the molecule is COc1c(F)c(-c2c(Cl)c(C)cc3[nH]nc(I)c23)c(F)c2nc(OC[C@@]34CCCN3C[C@H](F)C4)nc(N3CC4CCC(C3)N4C(=O)OC(C)(C)C)c12. The van der Waals surface area contributed by atoms with Gasteiger partial charge in [-0.25, -0.2) is 18.0 Å². The van der Waals surface area contributed by atoms with E-state index >= 15 is 8.78 Å². The molecule has 0 spiro atoms. The van der Waals surface area contributed by atoms with Crippen molar-refractivity contribution in [3.63, 3.8) is 0 Å². The fraction of sp³-hybridized carbons (Fsp3) is 0.556. The number of hydrogen-bond donors (Lipinski definition) is 1. The molecule has 4 atom stereocenters. The summed E-state index contributed by atoms with van der Waals surface area (Å²) < 4.78 is 67.3. The van der Waals surface area contributed by atoms with Crippen molar-refractivity contribution in [3.05, 3.63) is 32.0 Å². The van der Waals surface area contributed by atoms with Gasteiger partial charge in [-0.1, -0.05) is 11.6 Å². The number of piperazine rings is 1. The fourth-order valence-corrected chi connectivity index (χ4v) is 9.70. The number of benzene rings is 2. The van der Waals surface area contributed by atoms with Crippen molar-refractivity contribution in [3.8, 4) is 22.9 Å². The Balaban J connectivity index is 1.29. The second-order valence-corrected chi connectivity index (χ2v) is 16.9. The Morgan fingerprint density at radius 2 is 1.85 bits per heavy atom. The molecule has 0 saturated carbocycles. The van der Waals surface area contributed by atoms with Gasteiger partial charge in [-0.3, -0.25) is 14.9 Å². The molecule has 2 bridgehead atoms. The van der Waals surface area contributed by atoms with Crippen LogP contribution in [0.3, 0.4) is 0 Å². The highest BCUT2D eigenvalue weighted by molar-refractivity contribution is 14.1. The highest BCUT2D eigenvalue weighted by Gasteiger charge is 2.50. The van der Waals surface area contributed by atoms with Crippen molar-refractivity contribution in [1.82, 2.24) is 30.0 Å². The van der Waals surface area contributed by atoms with Crippen molar-refractivity contribution >= 4 is 67.9 Å². The van der Waals surface area contributed by atoms with E-state index in [9.17, 15) is 9.18 Å². The number of carbonyl (C=O) groups is 1. The molecule has 11 nitrogen and oxygen atoms in total. The van der Waals surface area contributed by atoms with Crippen LogP contribution < -0.4 is 14.4 Å². The van der Waals surface area contributed by atoms with E-state index in [2.05, 4.69) is 20.1 Å². The number of methoxy groups -OCH3 is 1. The molecule has 1 N–H and O–H groups in total. The number of rotatable bonds is 6. The van der Waals surface area contributed by atoms with Crippen molar-refractivity contribution in [2.45, 2.75) is 89.2 Å². The molecule has 4 aromatic rings. The average molecular weight is 854 g/mol. The molecule has 52 heavy (non-hydrogen) atoms. The summed E-state index contributed by atoms with van der Waals surface area (Å²) in [5.74, 6) is -1.97. The number of aryl methyl sites for hydroxylation is 1. The lowest BCUT2D eigenvalue weighted by molar-refractivity contribution is 0.0122. The summed E-state index contributed by atoms with van der Waals surface area (Å²) in [5.41, 5.74) is -0.529. The summed E-state index contributed by atoms with van der Waals surface area (Å²) in [4.78, 5) is 28.5. The van der Waals surface area contributed by atoms with Crippen LogP contribution in [0.1, 0.15) is 58.4 Å². The van der Waals surface area contributed by atoms with Crippen LogP contribution in [0, 0.1) is 22.3 Å². The van der Waals surface area contributed by atoms with Crippen molar-refractivity contribution in [2.75, 3.05) is 44.8 Å². The highest BCUT2D eigenvalue weighted by atomic mass is 127. The van der Waals surface area contributed by atoms with Gasteiger partial charge in [0, 0.05) is 37.0 Å². The van der Waals surface area contributed by atoms with Gasteiger partial charge >= 0.3 is 12.1 Å². The van der Waals surface area contributed by atoms with E-state index < -0.39 is 40.6 Å². The second kappa shape index (κ2) is 12.9. The normalized spacial score (nSPS) is 24.7. The summed E-state index contributed by atoms with van der Waals surface area (Å²) in [6.07, 6.45) is 2.09. The average Bonchev–Trinajstić information content (AvgIpc) is 3.80. The molecule has 1 amide bonds. The number of aromatic amines is 1. The van der Waals surface area contributed by atoms with Crippen LogP contribution in [0.15, 0.2) is 6.07 Å². The third-order valence-electron chi connectivity index (χ3n) is 10.9. The van der Waals surface area contributed by atoms with E-state index in [0.29, 0.717) is 46.2 Å². The van der Waals surface area contributed by atoms with Gasteiger partial charge in [-0.2, -0.15) is 15.1 Å². The molecule has 16 heteroatoms. The molecule has 4 aliphatic rings. The summed E-state index contributed by atoms with van der Waals surface area (Å²) in [7, 11) is 1.31. The van der Waals surface area contributed by atoms with Crippen molar-refractivity contribution < 1.29 is 32.2 Å². The van der Waals surface area contributed by atoms with Crippen molar-refractivity contribution in [1.29, 1.82) is 0 Å². The lowest BCUT2D eigenvalue weighted by Crippen LogP contribution is -2.57. The number of hydrogen-bond acceptors (Lipinski definition) is 9. The third kappa shape index (κ3) is 5.79. The lowest BCUT2D eigenvalue weighted by atomic mass is 9.95. The first-order valence-corrected chi connectivity index (χ1v) is 19.0. The number of carbonyl (C=O) groups excluding carboxylic acids is 1. The van der Waals surface area contributed by atoms with Gasteiger partial charge in [0.05, 0.1) is 46.2 Å². The molecule has 2 aromatic heterocycles. The first-order valence-electron chi connectivity index (χ1n) is 17.6. The smallest absolute Gasteiger partial charge is 0.410 e. The van der Waals surface area contributed by atoms with Crippen molar-refractivity contribution in [2.24, 2.45) is 0 Å². The Labute approximate surface area is 317 Å². The third-order valence-corrected chi connectivity index (χ3v) is 12.2. The number of alkyl halides is 1. The highest BCUT2D eigenvalue weighted by Crippen LogP contribution is 2.49. The zero-order chi connectivity index (χ0) is 36.9. The molecule has 4 aliphatic heterocycles. The summed E-state index contributed by atoms with van der Waals surface area (Å²) in [6, 6.07) is 1.20. The minimum atomic E-state index is -0.970. The Kier molecular flexibility index (Phi) is 8.87. The number of halogens is 5. The summed E-state index contributed by atoms with van der Waals surface area (Å²) in [6.45, 7) is 9.11. The predicted molar refractivity (Wildman–Crippen MR) is 199 cm³/mol. The minimum absolute atomic E-state index is 0.0333. The Morgan fingerprint density at radius 3 is 2.54 bits per heavy atom. The molecule has 0 radical (unpaired) electrons. The van der Waals surface area contributed by atoms with Crippen LogP contribution >= 0.6 is 34.2 Å². The zero-order valence-corrected chi connectivity index (χ0v) is 32.5. The van der Waals surface area contributed by atoms with E-state index in [0.717, 1.165) is 32.2 Å². The van der Waals surface area contributed by atoms with Crippen LogP contribution in [0.2, 0.25) is 5.02 Å². The molecule has 4 fully saturated rings. The molecule has 2 aromatic carbocycles. The van der Waals surface area contributed by atoms with E-state index in [1.54, 1.807) is 17.9 Å². The monoisotopic (exact) mass is 853 g/mol. The van der Waals surface area contributed by atoms with Gasteiger partial charge in [0.2, 0.25) is 0 Å². The molecule has 4 saturated heterocycles. The van der Waals surface area contributed by atoms with E-state index in [4.69, 9.17) is 30.8 Å². The van der Waals surface area contributed by atoms with Crippen LogP contribution in [0.25, 0.3) is 32.9 Å². The molecule has 2 unspecified atom stereocenters. The number of anilines is 1. The first kappa shape index (κ1) is 35.7. The maximum atomic E-state index is 17.4. The molecular formula is C36H40ClF3IN7O4. The van der Waals surface area contributed by atoms with Gasteiger partial charge < -0.3 is 19.1 Å². The fourth-order valence-electron chi connectivity index (χ4n) is 8.77. The number of H-pyrrole nitrogens is 1. The number of nitrogens with zero attached hydrogens (tertiary/aromatic N) is 6. The second-order valence-electron chi connectivity index (χ2n) is 15.5. The number of aromatic nitrogens is 4. The maximum absolute atomic E-state index is 17.4. The number of nitrogens with one attached hydrogen (secondary N) is 1. The van der Waals surface area contributed by atoms with Crippen LogP contribution in [-0.2, 0) is 4.74 Å². The molecule has 6 heterocycles. The van der Waals surface area contributed by atoms with E-state index in [-0.39, 0.29) is 57.8 Å². The molecular weight excluding hydrogens is 814 g/mol. The molecule has 278 valence electrons. The maximum Gasteiger partial charge on any atom is 0.410 e. The van der Waals surface area contributed by atoms with Gasteiger partial charge in [0.25, 0.3) is 0 Å². The Morgan fingerprint density at radius 1 is 1.12 bits per heavy atom. The van der Waals surface area contributed by atoms with Gasteiger partial charge in [-0.05, 0) is 94.1 Å².